The van der Waals surface area contributed by atoms with Crippen LogP contribution in [0.1, 0.15) is 16.1 Å². The van der Waals surface area contributed by atoms with E-state index >= 15 is 0 Å². The summed E-state index contributed by atoms with van der Waals surface area (Å²) in [5, 5.41) is 2.83. The van der Waals surface area contributed by atoms with Crippen molar-refractivity contribution in [3.63, 3.8) is 0 Å². The van der Waals surface area contributed by atoms with Crippen molar-refractivity contribution in [3.05, 3.63) is 47.2 Å². The highest BCUT2D eigenvalue weighted by Gasteiger charge is 2.17. The fourth-order valence-electron chi connectivity index (χ4n) is 2.65. The van der Waals surface area contributed by atoms with Crippen LogP contribution in [0.5, 0.6) is 0 Å². The number of anilines is 3. The Kier molecular flexibility index (Phi) is 4.80. The predicted octanol–water partition coefficient (Wildman–Crippen LogP) is 2.35. The number of hydrogen-bond donors (Lipinski definition) is 2. The minimum atomic E-state index is -0.820. The SMILES string of the molecule is Cc1nc(Nc2ccc(N3CCOCC3)c(F)c2)c(C(N)=O)cc1F. The number of nitrogens with zero attached hydrogens (tertiary/aromatic N) is 2. The normalized spacial score (nSPS) is 14.4. The molecule has 2 heterocycles. The molecule has 6 nitrogen and oxygen atoms in total. The molecule has 25 heavy (non-hydrogen) atoms. The molecule has 132 valence electrons. The van der Waals surface area contributed by atoms with E-state index in [-0.39, 0.29) is 17.1 Å². The molecule has 0 saturated carbocycles. The Morgan fingerprint density at radius 1 is 1.24 bits per heavy atom. The van der Waals surface area contributed by atoms with Crippen LogP contribution in [0.15, 0.2) is 24.3 Å². The number of morpholine rings is 1. The third-order valence-electron chi connectivity index (χ3n) is 3.98. The standard InChI is InChI=1S/C17H18F2N4O2/c1-10-13(18)9-12(16(20)24)17(21-10)22-11-2-3-15(14(19)8-11)23-4-6-25-7-5-23/h2-3,8-9H,4-7H2,1H3,(H2,20,24)(H,21,22). The fraction of sp³-hybridized carbons (Fsp3) is 0.294. The van der Waals surface area contributed by atoms with E-state index in [0.717, 1.165) is 6.07 Å². The number of halogens is 2. The van der Waals surface area contributed by atoms with Crippen LogP contribution >= 0.6 is 0 Å². The molecule has 3 rings (SSSR count). The van der Waals surface area contributed by atoms with Crippen LogP contribution in [0.3, 0.4) is 0 Å². The maximum atomic E-state index is 14.4. The van der Waals surface area contributed by atoms with E-state index in [1.54, 1.807) is 12.1 Å². The summed E-state index contributed by atoms with van der Waals surface area (Å²) in [5.41, 5.74) is 6.14. The van der Waals surface area contributed by atoms with E-state index in [2.05, 4.69) is 10.3 Å². The maximum absolute atomic E-state index is 14.4. The molecular formula is C17H18F2N4O2. The summed E-state index contributed by atoms with van der Waals surface area (Å²) in [6.45, 7) is 3.82. The van der Waals surface area contributed by atoms with E-state index in [4.69, 9.17) is 10.5 Å². The fourth-order valence-corrected chi connectivity index (χ4v) is 2.65. The van der Waals surface area contributed by atoms with Gasteiger partial charge in [-0.1, -0.05) is 0 Å². The molecular weight excluding hydrogens is 330 g/mol. The van der Waals surface area contributed by atoms with Crippen molar-refractivity contribution in [2.45, 2.75) is 6.92 Å². The molecule has 1 aliphatic heterocycles. The molecule has 1 fully saturated rings. The number of pyridine rings is 1. The van der Waals surface area contributed by atoms with Gasteiger partial charge in [0.15, 0.2) is 0 Å². The van der Waals surface area contributed by atoms with Crippen LogP contribution in [0.4, 0.5) is 26.0 Å². The molecule has 0 spiro atoms. The molecule has 8 heteroatoms. The Labute approximate surface area is 143 Å². The number of nitrogens with one attached hydrogen (secondary N) is 1. The maximum Gasteiger partial charge on any atom is 0.252 e. The number of benzene rings is 1. The molecule has 0 bridgehead atoms. The van der Waals surface area contributed by atoms with Crippen molar-refractivity contribution in [2.24, 2.45) is 5.73 Å². The average Bonchev–Trinajstić information content (AvgIpc) is 2.58. The van der Waals surface area contributed by atoms with Crippen molar-refractivity contribution < 1.29 is 18.3 Å². The highest BCUT2D eigenvalue weighted by atomic mass is 19.1. The molecule has 1 aromatic heterocycles. The molecule has 2 aromatic rings. The topological polar surface area (TPSA) is 80.5 Å². The van der Waals surface area contributed by atoms with Gasteiger partial charge in [0.1, 0.15) is 17.5 Å². The first kappa shape index (κ1) is 17.1. The lowest BCUT2D eigenvalue weighted by Crippen LogP contribution is -2.36. The van der Waals surface area contributed by atoms with Gasteiger partial charge in [-0.2, -0.15) is 0 Å². The zero-order valence-corrected chi connectivity index (χ0v) is 13.7. The van der Waals surface area contributed by atoms with Gasteiger partial charge in [-0.15, -0.1) is 0 Å². The van der Waals surface area contributed by atoms with Crippen LogP contribution < -0.4 is 16.0 Å². The van der Waals surface area contributed by atoms with Gasteiger partial charge in [0, 0.05) is 18.8 Å². The van der Waals surface area contributed by atoms with Crippen LogP contribution in [0.25, 0.3) is 0 Å². The molecule has 1 aliphatic rings. The van der Waals surface area contributed by atoms with E-state index in [1.807, 2.05) is 4.90 Å². The van der Waals surface area contributed by atoms with Crippen molar-refractivity contribution in [3.8, 4) is 0 Å². The predicted molar refractivity (Wildman–Crippen MR) is 90.2 cm³/mol. The molecule has 1 aromatic carbocycles. The number of carbonyl (C=O) groups excluding carboxylic acids is 1. The second-order valence-electron chi connectivity index (χ2n) is 5.71. The van der Waals surface area contributed by atoms with Gasteiger partial charge < -0.3 is 20.7 Å². The van der Waals surface area contributed by atoms with Crippen LogP contribution in [-0.4, -0.2) is 37.2 Å². The van der Waals surface area contributed by atoms with Crippen LogP contribution in [0.2, 0.25) is 0 Å². The Morgan fingerprint density at radius 3 is 2.60 bits per heavy atom. The largest absolute Gasteiger partial charge is 0.378 e. The van der Waals surface area contributed by atoms with Gasteiger partial charge in [-0.3, -0.25) is 4.79 Å². The summed E-state index contributed by atoms with van der Waals surface area (Å²) in [7, 11) is 0. The van der Waals surface area contributed by atoms with E-state index in [1.165, 1.54) is 13.0 Å². The highest BCUT2D eigenvalue weighted by molar-refractivity contribution is 5.98. The number of rotatable bonds is 4. The summed E-state index contributed by atoms with van der Waals surface area (Å²) >= 11 is 0. The summed E-state index contributed by atoms with van der Waals surface area (Å²) in [6, 6.07) is 5.63. The summed E-state index contributed by atoms with van der Waals surface area (Å²) in [5.74, 6) is -1.77. The molecule has 0 atom stereocenters. The first-order valence-corrected chi connectivity index (χ1v) is 7.82. The Balaban J connectivity index is 1.87. The second kappa shape index (κ2) is 7.02. The molecule has 3 N–H and O–H groups in total. The first-order valence-electron chi connectivity index (χ1n) is 7.82. The number of aryl methyl sites for hydroxylation is 1. The molecule has 0 aliphatic carbocycles. The second-order valence-corrected chi connectivity index (χ2v) is 5.71. The summed E-state index contributed by atoms with van der Waals surface area (Å²) in [4.78, 5) is 17.4. The monoisotopic (exact) mass is 348 g/mol. The lowest BCUT2D eigenvalue weighted by molar-refractivity contribution is 0.100. The lowest BCUT2D eigenvalue weighted by atomic mass is 10.2. The lowest BCUT2D eigenvalue weighted by Gasteiger charge is -2.29. The van der Waals surface area contributed by atoms with Crippen molar-refractivity contribution in [1.82, 2.24) is 4.98 Å². The minimum Gasteiger partial charge on any atom is -0.378 e. The van der Waals surface area contributed by atoms with E-state index in [0.29, 0.717) is 37.7 Å². The summed E-state index contributed by atoms with van der Waals surface area (Å²) < 4.78 is 33.3. The van der Waals surface area contributed by atoms with Crippen molar-refractivity contribution in [2.75, 3.05) is 36.5 Å². The number of carbonyl (C=O) groups is 1. The summed E-state index contributed by atoms with van der Waals surface area (Å²) in [6.07, 6.45) is 0. The third-order valence-corrected chi connectivity index (χ3v) is 3.98. The third kappa shape index (κ3) is 3.69. The molecule has 0 radical (unpaired) electrons. The van der Waals surface area contributed by atoms with Gasteiger partial charge in [0.05, 0.1) is 30.2 Å². The van der Waals surface area contributed by atoms with E-state index in [9.17, 15) is 13.6 Å². The first-order chi connectivity index (χ1) is 12.0. The van der Waals surface area contributed by atoms with Crippen LogP contribution in [-0.2, 0) is 4.74 Å². The number of ether oxygens (including phenoxy) is 1. The number of aromatic nitrogens is 1. The van der Waals surface area contributed by atoms with Gasteiger partial charge >= 0.3 is 0 Å². The number of primary amides is 1. The van der Waals surface area contributed by atoms with Gasteiger partial charge in [0.25, 0.3) is 5.91 Å². The zero-order valence-electron chi connectivity index (χ0n) is 13.7. The van der Waals surface area contributed by atoms with Gasteiger partial charge in [-0.25, -0.2) is 13.8 Å². The number of nitrogens with two attached hydrogens (primary N) is 1. The van der Waals surface area contributed by atoms with Crippen molar-refractivity contribution >= 4 is 23.1 Å². The van der Waals surface area contributed by atoms with Gasteiger partial charge in [0.2, 0.25) is 0 Å². The van der Waals surface area contributed by atoms with Crippen LogP contribution in [0, 0.1) is 18.6 Å². The highest BCUT2D eigenvalue weighted by Crippen LogP contribution is 2.26. The molecule has 1 amide bonds. The smallest absolute Gasteiger partial charge is 0.252 e. The van der Waals surface area contributed by atoms with Crippen molar-refractivity contribution in [1.29, 1.82) is 0 Å². The Bertz CT molecular complexity index is 807. The quantitative estimate of drug-likeness (QED) is 0.887. The van der Waals surface area contributed by atoms with Gasteiger partial charge in [-0.05, 0) is 31.2 Å². The minimum absolute atomic E-state index is 0.0879. The van der Waals surface area contributed by atoms with E-state index < -0.39 is 17.5 Å². The Morgan fingerprint density at radius 2 is 1.96 bits per heavy atom. The molecule has 1 saturated heterocycles. The zero-order chi connectivity index (χ0) is 18.0. The Hall–Kier alpha value is -2.74. The number of hydrogen-bond acceptors (Lipinski definition) is 5. The number of amides is 1. The molecule has 0 unspecified atom stereocenters. The average molecular weight is 348 g/mol.